The van der Waals surface area contributed by atoms with Crippen molar-refractivity contribution in [3.63, 3.8) is 0 Å². The Balaban J connectivity index is 1.64. The zero-order chi connectivity index (χ0) is 16.2. The number of hydrogen-bond acceptors (Lipinski definition) is 4. The lowest BCUT2D eigenvalue weighted by Crippen LogP contribution is -2.40. The van der Waals surface area contributed by atoms with E-state index in [-0.39, 0.29) is 0 Å². The van der Waals surface area contributed by atoms with Crippen molar-refractivity contribution in [2.75, 3.05) is 58.2 Å². The number of hydrogen-bond donors (Lipinski definition) is 2. The van der Waals surface area contributed by atoms with Crippen molar-refractivity contribution in [3.8, 4) is 0 Å². The number of nitrogens with one attached hydrogen (secondary N) is 2. The van der Waals surface area contributed by atoms with Gasteiger partial charge in [-0.3, -0.25) is 9.89 Å². The number of nitrogens with zero attached hydrogens (tertiary/aromatic N) is 2. The van der Waals surface area contributed by atoms with E-state index in [4.69, 9.17) is 4.74 Å². The average molecular weight is 337 g/mol. The Morgan fingerprint density at radius 2 is 2.00 bits per heavy atom. The van der Waals surface area contributed by atoms with Gasteiger partial charge in [-0.25, -0.2) is 0 Å². The maximum absolute atomic E-state index is 5.36. The molecule has 1 fully saturated rings. The van der Waals surface area contributed by atoms with Crippen LogP contribution in [0.4, 0.5) is 0 Å². The van der Waals surface area contributed by atoms with Crippen molar-refractivity contribution >= 4 is 17.7 Å². The topological polar surface area (TPSA) is 48.9 Å². The molecule has 23 heavy (non-hydrogen) atoms. The van der Waals surface area contributed by atoms with Gasteiger partial charge >= 0.3 is 0 Å². The largest absolute Gasteiger partial charge is 0.379 e. The summed E-state index contributed by atoms with van der Waals surface area (Å²) in [5.41, 5.74) is 0. The van der Waals surface area contributed by atoms with Crippen LogP contribution in [0.1, 0.15) is 6.92 Å². The summed E-state index contributed by atoms with van der Waals surface area (Å²) in [7, 11) is 0. The van der Waals surface area contributed by atoms with E-state index >= 15 is 0 Å². The van der Waals surface area contributed by atoms with Gasteiger partial charge in [0.2, 0.25) is 0 Å². The molecule has 1 aliphatic heterocycles. The second kappa shape index (κ2) is 11.3. The SMILES string of the molecule is CCNC(=NCCN1CCOCC1)NCCSc1ccccc1. The summed E-state index contributed by atoms with van der Waals surface area (Å²) in [6.07, 6.45) is 0. The average Bonchev–Trinajstić information content (AvgIpc) is 2.60. The Morgan fingerprint density at radius 3 is 2.74 bits per heavy atom. The third-order valence-electron chi connectivity index (χ3n) is 3.54. The Labute approximate surface area is 143 Å². The molecule has 1 saturated heterocycles. The van der Waals surface area contributed by atoms with Crippen LogP contribution in [-0.2, 0) is 4.74 Å². The minimum atomic E-state index is 0.821. The minimum absolute atomic E-state index is 0.821. The molecule has 2 N–H and O–H groups in total. The standard InChI is InChI=1S/C17H28N4OS/c1-2-18-17(19-8-10-21-11-13-22-14-12-21)20-9-15-23-16-6-4-3-5-7-16/h3-7H,2,8-15H2,1H3,(H2,18,19,20). The third-order valence-corrected chi connectivity index (χ3v) is 4.55. The molecule has 0 atom stereocenters. The summed E-state index contributed by atoms with van der Waals surface area (Å²) in [6.45, 7) is 9.44. The molecular weight excluding hydrogens is 308 g/mol. The lowest BCUT2D eigenvalue weighted by molar-refractivity contribution is 0.0394. The van der Waals surface area contributed by atoms with Gasteiger partial charge in [0.05, 0.1) is 19.8 Å². The van der Waals surface area contributed by atoms with Crippen LogP contribution in [0.15, 0.2) is 40.2 Å². The van der Waals surface area contributed by atoms with Crippen molar-refractivity contribution < 1.29 is 4.74 Å². The van der Waals surface area contributed by atoms with Gasteiger partial charge in [-0.05, 0) is 19.1 Å². The monoisotopic (exact) mass is 336 g/mol. The molecule has 0 amide bonds. The van der Waals surface area contributed by atoms with Crippen LogP contribution in [-0.4, -0.2) is 69.1 Å². The minimum Gasteiger partial charge on any atom is -0.379 e. The van der Waals surface area contributed by atoms with E-state index in [0.717, 1.165) is 64.2 Å². The van der Waals surface area contributed by atoms with E-state index in [1.165, 1.54) is 4.90 Å². The highest BCUT2D eigenvalue weighted by molar-refractivity contribution is 7.99. The Morgan fingerprint density at radius 1 is 1.22 bits per heavy atom. The lowest BCUT2D eigenvalue weighted by atomic mass is 10.4. The Kier molecular flexibility index (Phi) is 8.91. The molecule has 0 spiro atoms. The number of benzene rings is 1. The third kappa shape index (κ3) is 7.72. The molecule has 1 heterocycles. The lowest BCUT2D eigenvalue weighted by Gasteiger charge is -2.25. The summed E-state index contributed by atoms with van der Waals surface area (Å²) >= 11 is 1.86. The molecular formula is C17H28N4OS. The van der Waals surface area contributed by atoms with Gasteiger partial charge in [0.1, 0.15) is 0 Å². The van der Waals surface area contributed by atoms with Crippen LogP contribution in [0.25, 0.3) is 0 Å². The molecule has 0 unspecified atom stereocenters. The van der Waals surface area contributed by atoms with Gasteiger partial charge in [-0.15, -0.1) is 11.8 Å². The molecule has 1 aliphatic rings. The highest BCUT2D eigenvalue weighted by Crippen LogP contribution is 2.15. The first-order valence-electron chi connectivity index (χ1n) is 8.38. The van der Waals surface area contributed by atoms with Crippen LogP contribution in [0.3, 0.4) is 0 Å². The molecule has 6 heteroatoms. The molecule has 5 nitrogen and oxygen atoms in total. The molecule has 1 aromatic rings. The van der Waals surface area contributed by atoms with E-state index in [1.54, 1.807) is 0 Å². The van der Waals surface area contributed by atoms with Crippen molar-refractivity contribution in [2.24, 2.45) is 4.99 Å². The first-order chi connectivity index (χ1) is 11.4. The molecule has 0 radical (unpaired) electrons. The van der Waals surface area contributed by atoms with Gasteiger partial charge in [-0.1, -0.05) is 18.2 Å². The van der Waals surface area contributed by atoms with Crippen molar-refractivity contribution in [2.45, 2.75) is 11.8 Å². The van der Waals surface area contributed by atoms with E-state index in [0.29, 0.717) is 0 Å². The van der Waals surface area contributed by atoms with E-state index in [9.17, 15) is 0 Å². The van der Waals surface area contributed by atoms with E-state index < -0.39 is 0 Å². The van der Waals surface area contributed by atoms with Crippen LogP contribution in [0.5, 0.6) is 0 Å². The molecule has 0 aromatic heterocycles. The van der Waals surface area contributed by atoms with Gasteiger partial charge < -0.3 is 15.4 Å². The molecule has 0 bridgehead atoms. The number of guanidine groups is 1. The number of ether oxygens (including phenoxy) is 1. The second-order valence-electron chi connectivity index (χ2n) is 5.30. The normalized spacial score (nSPS) is 16.3. The predicted molar refractivity (Wildman–Crippen MR) is 98.4 cm³/mol. The van der Waals surface area contributed by atoms with Gasteiger partial charge in [0, 0.05) is 43.4 Å². The maximum Gasteiger partial charge on any atom is 0.191 e. The van der Waals surface area contributed by atoms with E-state index in [1.807, 2.05) is 17.8 Å². The molecule has 0 saturated carbocycles. The highest BCUT2D eigenvalue weighted by atomic mass is 32.2. The highest BCUT2D eigenvalue weighted by Gasteiger charge is 2.09. The van der Waals surface area contributed by atoms with Crippen molar-refractivity contribution in [1.82, 2.24) is 15.5 Å². The first kappa shape index (κ1) is 18.1. The van der Waals surface area contributed by atoms with Gasteiger partial charge in [0.25, 0.3) is 0 Å². The van der Waals surface area contributed by atoms with Crippen LogP contribution in [0, 0.1) is 0 Å². The number of morpholine rings is 1. The van der Waals surface area contributed by atoms with E-state index in [2.05, 4.69) is 51.7 Å². The van der Waals surface area contributed by atoms with Crippen molar-refractivity contribution in [1.29, 1.82) is 0 Å². The number of rotatable bonds is 8. The number of thioether (sulfide) groups is 1. The Bertz CT molecular complexity index is 449. The summed E-state index contributed by atoms with van der Waals surface area (Å²) in [4.78, 5) is 8.37. The summed E-state index contributed by atoms with van der Waals surface area (Å²) in [5, 5.41) is 6.71. The second-order valence-corrected chi connectivity index (χ2v) is 6.47. The van der Waals surface area contributed by atoms with Crippen LogP contribution >= 0.6 is 11.8 Å². The smallest absolute Gasteiger partial charge is 0.191 e. The zero-order valence-electron chi connectivity index (χ0n) is 14.0. The van der Waals surface area contributed by atoms with Crippen molar-refractivity contribution in [3.05, 3.63) is 30.3 Å². The van der Waals surface area contributed by atoms with Gasteiger partial charge in [-0.2, -0.15) is 0 Å². The fourth-order valence-electron chi connectivity index (χ4n) is 2.32. The summed E-state index contributed by atoms with van der Waals surface area (Å²) in [6, 6.07) is 10.5. The Hall–Kier alpha value is -1.24. The zero-order valence-corrected chi connectivity index (χ0v) is 14.8. The summed E-state index contributed by atoms with van der Waals surface area (Å²) in [5.74, 6) is 1.94. The fourth-order valence-corrected chi connectivity index (χ4v) is 3.11. The van der Waals surface area contributed by atoms with Crippen LogP contribution in [0.2, 0.25) is 0 Å². The number of aliphatic imine (C=N–C) groups is 1. The first-order valence-corrected chi connectivity index (χ1v) is 9.37. The summed E-state index contributed by atoms with van der Waals surface area (Å²) < 4.78 is 5.36. The molecule has 0 aliphatic carbocycles. The molecule has 2 rings (SSSR count). The van der Waals surface area contributed by atoms with Crippen LogP contribution < -0.4 is 10.6 Å². The molecule has 1 aromatic carbocycles. The predicted octanol–water partition coefficient (Wildman–Crippen LogP) is 1.67. The molecule has 128 valence electrons. The van der Waals surface area contributed by atoms with Gasteiger partial charge in [0.15, 0.2) is 5.96 Å². The maximum atomic E-state index is 5.36. The fraction of sp³-hybridized carbons (Fsp3) is 0.588. The quantitative estimate of drug-likeness (QED) is 0.327.